The zero-order valence-electron chi connectivity index (χ0n) is 6.88. The number of hydrogen-bond acceptors (Lipinski definition) is 1. The van der Waals surface area contributed by atoms with E-state index in [0.717, 1.165) is 11.1 Å². The maximum atomic E-state index is 11.2. The fourth-order valence-corrected chi connectivity index (χ4v) is 1.60. The molecule has 0 atom stereocenters. The molecule has 0 bridgehead atoms. The number of halogens is 1. The number of benzene rings is 1. The first-order valence-corrected chi connectivity index (χ1v) is 4.38. The van der Waals surface area contributed by atoms with Gasteiger partial charge in [0.15, 0.2) is 0 Å². The average Bonchev–Trinajstić information content (AvgIpc) is 2.28. The van der Waals surface area contributed by atoms with Crippen molar-refractivity contribution in [2.24, 2.45) is 0 Å². The van der Waals surface area contributed by atoms with Crippen molar-refractivity contribution in [2.45, 2.75) is 6.42 Å². The molecule has 3 heteroatoms. The van der Waals surface area contributed by atoms with Crippen LogP contribution < -0.4 is 5.32 Å². The lowest BCUT2D eigenvalue weighted by atomic mass is 10.1. The largest absolute Gasteiger partial charge is 0.332 e. The molecule has 1 N–H and O–H groups in total. The van der Waals surface area contributed by atoms with Crippen LogP contribution in [0.3, 0.4) is 0 Å². The zero-order valence-corrected chi connectivity index (χ0v) is 7.64. The van der Waals surface area contributed by atoms with Gasteiger partial charge in [-0.15, -0.1) is 0 Å². The topological polar surface area (TPSA) is 29.1 Å². The quantitative estimate of drug-likeness (QED) is 0.671. The van der Waals surface area contributed by atoms with E-state index in [-0.39, 0.29) is 5.91 Å². The van der Waals surface area contributed by atoms with Crippen LogP contribution in [0, 0.1) is 0 Å². The third-order valence-electron chi connectivity index (χ3n) is 2.00. The number of carbonyl (C=O) groups is 1. The van der Waals surface area contributed by atoms with Gasteiger partial charge >= 0.3 is 0 Å². The molecule has 0 saturated heterocycles. The molecule has 1 aromatic carbocycles. The first kappa shape index (κ1) is 8.32. The molecule has 0 aromatic heterocycles. The second-order valence-electron chi connectivity index (χ2n) is 2.89. The van der Waals surface area contributed by atoms with E-state index in [2.05, 4.69) is 5.32 Å². The summed E-state index contributed by atoms with van der Waals surface area (Å²) in [6, 6.07) is 5.62. The summed E-state index contributed by atoms with van der Waals surface area (Å²) in [5, 5.41) is 3.29. The lowest BCUT2D eigenvalue weighted by molar-refractivity contribution is -0.119. The molecule has 1 amide bonds. The predicted octanol–water partition coefficient (Wildman–Crippen LogP) is 1.98. The fourth-order valence-electron chi connectivity index (χ4n) is 1.35. The van der Waals surface area contributed by atoms with Crippen LogP contribution in [-0.2, 0) is 11.2 Å². The van der Waals surface area contributed by atoms with Gasteiger partial charge in [-0.2, -0.15) is 0 Å². The summed E-state index contributed by atoms with van der Waals surface area (Å²) >= 11 is 5.97. The van der Waals surface area contributed by atoms with Gasteiger partial charge in [-0.1, -0.05) is 23.7 Å². The van der Waals surface area contributed by atoms with Crippen molar-refractivity contribution in [3.63, 3.8) is 0 Å². The van der Waals surface area contributed by atoms with E-state index in [1.165, 1.54) is 0 Å². The van der Waals surface area contributed by atoms with Gasteiger partial charge in [0.25, 0.3) is 0 Å². The van der Waals surface area contributed by atoms with Crippen molar-refractivity contribution < 1.29 is 4.79 Å². The van der Waals surface area contributed by atoms with Crippen LogP contribution in [0.5, 0.6) is 0 Å². The Balaban J connectivity index is 2.55. The highest BCUT2D eigenvalue weighted by molar-refractivity contribution is 6.31. The predicted molar refractivity (Wildman–Crippen MR) is 52.3 cm³/mol. The second kappa shape index (κ2) is 3.23. The molecule has 13 heavy (non-hydrogen) atoms. The Morgan fingerprint density at radius 3 is 3.08 bits per heavy atom. The van der Waals surface area contributed by atoms with Gasteiger partial charge in [0.2, 0.25) is 5.91 Å². The van der Waals surface area contributed by atoms with Crippen LogP contribution >= 0.6 is 11.6 Å². The molecule has 0 unspecified atom stereocenters. The second-order valence-corrected chi connectivity index (χ2v) is 3.29. The number of rotatable bonds is 0. The Morgan fingerprint density at radius 1 is 1.38 bits per heavy atom. The summed E-state index contributed by atoms with van der Waals surface area (Å²) in [6.45, 7) is 0. The lowest BCUT2D eigenvalue weighted by Gasteiger charge is -2.03. The van der Waals surface area contributed by atoms with Crippen LogP contribution in [0.4, 0.5) is 0 Å². The fraction of sp³-hybridized carbons (Fsp3) is 0.100. The minimum atomic E-state index is -0.0249. The number of hydrogen-bond donors (Lipinski definition) is 1. The van der Waals surface area contributed by atoms with Crippen molar-refractivity contribution >= 4 is 23.6 Å². The van der Waals surface area contributed by atoms with Crippen molar-refractivity contribution in [1.29, 1.82) is 0 Å². The highest BCUT2D eigenvalue weighted by atomic mass is 35.5. The van der Waals surface area contributed by atoms with Gasteiger partial charge in [0, 0.05) is 11.2 Å². The van der Waals surface area contributed by atoms with Gasteiger partial charge < -0.3 is 5.32 Å². The Morgan fingerprint density at radius 2 is 2.23 bits per heavy atom. The first-order valence-electron chi connectivity index (χ1n) is 4.00. The van der Waals surface area contributed by atoms with E-state index in [1.807, 2.05) is 18.2 Å². The molecule has 2 rings (SSSR count). The van der Waals surface area contributed by atoms with Gasteiger partial charge in [-0.3, -0.25) is 4.79 Å². The van der Waals surface area contributed by atoms with Crippen molar-refractivity contribution in [1.82, 2.24) is 5.32 Å². The maximum absolute atomic E-state index is 11.2. The summed E-state index contributed by atoms with van der Waals surface area (Å²) in [6.07, 6.45) is 3.85. The molecule has 0 radical (unpaired) electrons. The number of amides is 1. The van der Waals surface area contributed by atoms with Gasteiger partial charge in [-0.25, -0.2) is 0 Å². The Bertz CT molecular complexity index is 385. The van der Waals surface area contributed by atoms with Crippen LogP contribution in [0.1, 0.15) is 11.1 Å². The van der Waals surface area contributed by atoms with E-state index in [1.54, 1.807) is 12.3 Å². The third kappa shape index (κ3) is 1.58. The molecule has 1 aliphatic heterocycles. The van der Waals surface area contributed by atoms with E-state index < -0.39 is 0 Å². The van der Waals surface area contributed by atoms with Crippen molar-refractivity contribution in [2.75, 3.05) is 0 Å². The molecular formula is C10H8ClNO. The third-order valence-corrected chi connectivity index (χ3v) is 2.35. The zero-order chi connectivity index (χ0) is 9.26. The van der Waals surface area contributed by atoms with Crippen LogP contribution in [0.25, 0.3) is 6.08 Å². The van der Waals surface area contributed by atoms with Crippen LogP contribution in [0.15, 0.2) is 24.4 Å². The van der Waals surface area contributed by atoms with E-state index in [0.29, 0.717) is 11.4 Å². The normalized spacial score (nSPS) is 14.7. The van der Waals surface area contributed by atoms with Crippen molar-refractivity contribution in [3.05, 3.63) is 40.5 Å². The molecular weight excluding hydrogens is 186 g/mol. The minimum absolute atomic E-state index is 0.0249. The lowest BCUT2D eigenvalue weighted by Crippen LogP contribution is -2.17. The molecule has 1 heterocycles. The summed E-state index contributed by atoms with van der Waals surface area (Å²) in [4.78, 5) is 11.2. The number of carbonyl (C=O) groups excluding carboxylic acids is 1. The minimum Gasteiger partial charge on any atom is -0.332 e. The van der Waals surface area contributed by atoms with Crippen LogP contribution in [-0.4, -0.2) is 5.91 Å². The van der Waals surface area contributed by atoms with Gasteiger partial charge in [0.1, 0.15) is 0 Å². The molecule has 0 fully saturated rings. The molecule has 0 aliphatic carbocycles. The molecule has 1 aromatic rings. The van der Waals surface area contributed by atoms with Crippen LogP contribution in [0.2, 0.25) is 5.02 Å². The smallest absolute Gasteiger partial charge is 0.228 e. The maximum Gasteiger partial charge on any atom is 0.228 e. The Labute approximate surface area is 81.2 Å². The number of nitrogens with one attached hydrogen (secondary N) is 1. The highest BCUT2D eigenvalue weighted by Crippen LogP contribution is 2.22. The monoisotopic (exact) mass is 193 g/mol. The average molecular weight is 194 g/mol. The molecule has 0 saturated carbocycles. The standard InChI is InChI=1S/C10H8ClNO/c11-9-3-1-2-7-4-5-12-10(13)6-8(7)9/h1-5H,6H2,(H,12,13). The molecule has 1 aliphatic rings. The first-order chi connectivity index (χ1) is 6.27. The molecule has 2 nitrogen and oxygen atoms in total. The van der Waals surface area contributed by atoms with Gasteiger partial charge in [0.05, 0.1) is 6.42 Å². The van der Waals surface area contributed by atoms with E-state index in [9.17, 15) is 4.79 Å². The highest BCUT2D eigenvalue weighted by Gasteiger charge is 2.11. The SMILES string of the molecule is O=C1Cc2c(Cl)cccc2C=CN1. The Hall–Kier alpha value is -1.28. The summed E-state index contributed by atoms with van der Waals surface area (Å²) < 4.78 is 0. The number of fused-ring (bicyclic) bond motifs is 1. The molecule has 0 spiro atoms. The van der Waals surface area contributed by atoms with E-state index >= 15 is 0 Å². The summed E-state index contributed by atoms with van der Waals surface area (Å²) in [5.74, 6) is -0.0249. The molecule has 66 valence electrons. The summed E-state index contributed by atoms with van der Waals surface area (Å²) in [7, 11) is 0. The van der Waals surface area contributed by atoms with Crippen molar-refractivity contribution in [3.8, 4) is 0 Å². The Kier molecular flexibility index (Phi) is 2.07. The summed E-state index contributed by atoms with van der Waals surface area (Å²) in [5.41, 5.74) is 1.90. The van der Waals surface area contributed by atoms with E-state index in [4.69, 9.17) is 11.6 Å². The van der Waals surface area contributed by atoms with Gasteiger partial charge in [-0.05, 0) is 23.3 Å².